The standard InChI is InChI=1S/C21H31N5O/c27-17-10-5-3-1-2-4-7-14-24-21-25-16-18(19-12-6-8-13-22-19)20(26-21)23-15-9-11-17/h6,8,12-13,16-17,27H,1-5,7,9-11,14-15H2,(H2,23,24,25,26). The summed E-state index contributed by atoms with van der Waals surface area (Å²) in [4.78, 5) is 13.6. The summed E-state index contributed by atoms with van der Waals surface area (Å²) in [5.74, 6) is 1.45. The number of aliphatic hydroxyl groups excluding tert-OH is 1. The van der Waals surface area contributed by atoms with Crippen LogP contribution in [0.5, 0.6) is 0 Å². The van der Waals surface area contributed by atoms with Crippen molar-refractivity contribution in [2.24, 2.45) is 0 Å². The van der Waals surface area contributed by atoms with Gasteiger partial charge in [0.2, 0.25) is 5.95 Å². The van der Waals surface area contributed by atoms with E-state index in [1.54, 1.807) is 6.20 Å². The third-order valence-electron chi connectivity index (χ3n) is 4.98. The Kier molecular flexibility index (Phi) is 7.84. The van der Waals surface area contributed by atoms with Crippen LogP contribution in [0.15, 0.2) is 30.6 Å². The molecule has 0 aliphatic carbocycles. The first kappa shape index (κ1) is 19.5. The molecule has 1 aliphatic heterocycles. The average molecular weight is 370 g/mol. The Morgan fingerprint density at radius 1 is 0.852 bits per heavy atom. The Balaban J connectivity index is 1.72. The molecular weight excluding hydrogens is 338 g/mol. The summed E-state index contributed by atoms with van der Waals surface area (Å²) in [7, 11) is 0. The largest absolute Gasteiger partial charge is 0.393 e. The minimum absolute atomic E-state index is 0.194. The van der Waals surface area contributed by atoms with Gasteiger partial charge in [0.1, 0.15) is 5.82 Å². The first-order chi connectivity index (χ1) is 13.3. The van der Waals surface area contributed by atoms with Crippen molar-refractivity contribution < 1.29 is 5.11 Å². The number of hydrogen-bond acceptors (Lipinski definition) is 6. The smallest absolute Gasteiger partial charge is 0.224 e. The second kappa shape index (κ2) is 10.8. The van der Waals surface area contributed by atoms with Gasteiger partial charge >= 0.3 is 0 Å². The Hall–Kier alpha value is -2.21. The van der Waals surface area contributed by atoms with Crippen molar-refractivity contribution in [3.63, 3.8) is 0 Å². The van der Waals surface area contributed by atoms with Crippen molar-refractivity contribution in [2.75, 3.05) is 23.7 Å². The predicted octanol–water partition coefficient (Wildman–Crippen LogP) is 4.25. The number of aromatic nitrogens is 3. The number of anilines is 2. The molecule has 2 aromatic heterocycles. The molecular formula is C21H31N5O. The molecule has 0 radical (unpaired) electrons. The van der Waals surface area contributed by atoms with E-state index in [9.17, 15) is 5.11 Å². The summed E-state index contributed by atoms with van der Waals surface area (Å²) in [5, 5.41) is 16.9. The molecule has 146 valence electrons. The third-order valence-corrected chi connectivity index (χ3v) is 4.98. The number of hydrogen-bond donors (Lipinski definition) is 3. The van der Waals surface area contributed by atoms with Crippen molar-refractivity contribution >= 4 is 11.8 Å². The number of pyridine rings is 1. The molecule has 3 heterocycles. The Bertz CT molecular complexity index is 680. The van der Waals surface area contributed by atoms with Crippen molar-refractivity contribution in [1.82, 2.24) is 15.0 Å². The lowest BCUT2D eigenvalue weighted by atomic mass is 10.0. The third kappa shape index (κ3) is 6.47. The number of rotatable bonds is 1. The highest BCUT2D eigenvalue weighted by atomic mass is 16.3. The van der Waals surface area contributed by atoms with Crippen LogP contribution in [0, 0.1) is 0 Å². The Labute approximate surface area is 161 Å². The fourth-order valence-electron chi connectivity index (χ4n) is 3.41. The van der Waals surface area contributed by atoms with Crippen molar-refractivity contribution in [1.29, 1.82) is 0 Å². The summed E-state index contributed by atoms with van der Waals surface area (Å²) >= 11 is 0. The van der Waals surface area contributed by atoms with Gasteiger partial charge in [-0.1, -0.05) is 38.2 Å². The quantitative estimate of drug-likeness (QED) is 0.697. The van der Waals surface area contributed by atoms with Crippen LogP contribution in [0.25, 0.3) is 11.3 Å². The van der Waals surface area contributed by atoms with Crippen LogP contribution in [0.2, 0.25) is 0 Å². The first-order valence-corrected chi connectivity index (χ1v) is 10.3. The number of fused-ring (bicyclic) bond motifs is 2. The fraction of sp³-hybridized carbons (Fsp3) is 0.571. The minimum atomic E-state index is -0.194. The van der Waals surface area contributed by atoms with Crippen LogP contribution < -0.4 is 10.6 Å². The van der Waals surface area contributed by atoms with Gasteiger partial charge < -0.3 is 15.7 Å². The van der Waals surface area contributed by atoms with Crippen molar-refractivity contribution in [2.45, 2.75) is 63.9 Å². The van der Waals surface area contributed by atoms with E-state index in [4.69, 9.17) is 0 Å². The zero-order valence-corrected chi connectivity index (χ0v) is 16.0. The second-order valence-corrected chi connectivity index (χ2v) is 7.23. The van der Waals surface area contributed by atoms with E-state index in [1.807, 2.05) is 24.4 Å². The van der Waals surface area contributed by atoms with Crippen LogP contribution in [-0.2, 0) is 0 Å². The molecule has 2 aromatic rings. The van der Waals surface area contributed by atoms with Crippen molar-refractivity contribution in [3.8, 4) is 11.3 Å². The average Bonchev–Trinajstić information content (AvgIpc) is 2.70. The molecule has 0 fully saturated rings. The van der Waals surface area contributed by atoms with Gasteiger partial charge in [-0.25, -0.2) is 4.98 Å². The van der Waals surface area contributed by atoms with E-state index in [-0.39, 0.29) is 6.10 Å². The molecule has 2 bridgehead atoms. The predicted molar refractivity (Wildman–Crippen MR) is 110 cm³/mol. The molecule has 0 amide bonds. The summed E-state index contributed by atoms with van der Waals surface area (Å²) in [6.07, 6.45) is 13.3. The van der Waals surface area contributed by atoms with Gasteiger partial charge in [0.15, 0.2) is 0 Å². The summed E-state index contributed by atoms with van der Waals surface area (Å²) in [6.45, 7) is 1.66. The highest BCUT2D eigenvalue weighted by Gasteiger charge is 2.11. The van der Waals surface area contributed by atoms with E-state index in [1.165, 1.54) is 25.7 Å². The number of aliphatic hydroxyl groups is 1. The Morgan fingerprint density at radius 2 is 1.63 bits per heavy atom. The molecule has 0 saturated carbocycles. The normalized spacial score (nSPS) is 20.1. The molecule has 1 aliphatic rings. The van der Waals surface area contributed by atoms with Crippen LogP contribution in [0.3, 0.4) is 0 Å². The van der Waals surface area contributed by atoms with Gasteiger partial charge in [-0.3, -0.25) is 4.98 Å². The molecule has 0 saturated heterocycles. The van der Waals surface area contributed by atoms with Gasteiger partial charge in [0, 0.05) is 25.5 Å². The van der Waals surface area contributed by atoms with Crippen LogP contribution >= 0.6 is 0 Å². The lowest BCUT2D eigenvalue weighted by molar-refractivity contribution is 0.149. The molecule has 1 atom stereocenters. The van der Waals surface area contributed by atoms with Gasteiger partial charge in [0.05, 0.1) is 17.4 Å². The van der Waals surface area contributed by atoms with E-state index < -0.39 is 0 Å². The van der Waals surface area contributed by atoms with Gasteiger partial charge in [-0.2, -0.15) is 4.98 Å². The fourth-order valence-corrected chi connectivity index (χ4v) is 3.41. The zero-order valence-electron chi connectivity index (χ0n) is 16.0. The van der Waals surface area contributed by atoms with Crippen LogP contribution in [-0.4, -0.2) is 39.3 Å². The van der Waals surface area contributed by atoms with Gasteiger partial charge in [-0.15, -0.1) is 0 Å². The highest BCUT2D eigenvalue weighted by molar-refractivity contribution is 5.72. The monoisotopic (exact) mass is 369 g/mol. The highest BCUT2D eigenvalue weighted by Crippen LogP contribution is 2.25. The molecule has 3 rings (SSSR count). The van der Waals surface area contributed by atoms with E-state index in [2.05, 4.69) is 25.6 Å². The maximum atomic E-state index is 10.2. The lowest BCUT2D eigenvalue weighted by Crippen LogP contribution is -2.12. The summed E-state index contributed by atoms with van der Waals surface area (Å²) in [5.41, 5.74) is 1.76. The molecule has 6 nitrogen and oxygen atoms in total. The maximum absolute atomic E-state index is 10.2. The van der Waals surface area contributed by atoms with E-state index >= 15 is 0 Å². The SMILES string of the molecule is OC1CCCCCCCCNc2ncc(-c3ccccn3)c(n2)NCCC1. The molecule has 27 heavy (non-hydrogen) atoms. The second-order valence-electron chi connectivity index (χ2n) is 7.23. The van der Waals surface area contributed by atoms with Gasteiger partial charge in [-0.05, 0) is 37.8 Å². The lowest BCUT2D eigenvalue weighted by Gasteiger charge is -2.14. The molecule has 0 aromatic carbocycles. The molecule has 0 spiro atoms. The maximum Gasteiger partial charge on any atom is 0.224 e. The Morgan fingerprint density at radius 3 is 2.48 bits per heavy atom. The van der Waals surface area contributed by atoms with E-state index in [0.29, 0.717) is 5.95 Å². The summed E-state index contributed by atoms with van der Waals surface area (Å²) in [6, 6.07) is 5.84. The minimum Gasteiger partial charge on any atom is -0.393 e. The van der Waals surface area contributed by atoms with Crippen molar-refractivity contribution in [3.05, 3.63) is 30.6 Å². The van der Waals surface area contributed by atoms with E-state index in [0.717, 1.165) is 62.3 Å². The topological polar surface area (TPSA) is 83.0 Å². The number of nitrogens with zero attached hydrogens (tertiary/aromatic N) is 3. The first-order valence-electron chi connectivity index (χ1n) is 10.3. The zero-order chi connectivity index (χ0) is 18.7. The number of nitrogens with one attached hydrogen (secondary N) is 2. The summed E-state index contributed by atoms with van der Waals surface area (Å²) < 4.78 is 0. The van der Waals surface area contributed by atoms with Gasteiger partial charge in [0.25, 0.3) is 0 Å². The molecule has 3 N–H and O–H groups in total. The van der Waals surface area contributed by atoms with Crippen LogP contribution in [0.4, 0.5) is 11.8 Å². The molecule has 1 unspecified atom stereocenters. The molecule has 6 heteroatoms. The van der Waals surface area contributed by atoms with Crippen LogP contribution in [0.1, 0.15) is 57.8 Å².